The van der Waals surface area contributed by atoms with E-state index in [1.807, 2.05) is 126 Å². The van der Waals surface area contributed by atoms with Crippen molar-refractivity contribution >= 4 is 67.3 Å². The van der Waals surface area contributed by atoms with E-state index >= 15 is 0 Å². The Bertz CT molecular complexity index is 8350. The minimum atomic E-state index is -4.45. The molecule has 0 radical (unpaired) electrons. The molecule has 0 N–H and O–H groups in total. The Kier molecular flexibility index (Phi) is 31.2. The molecule has 37 heteroatoms. The van der Waals surface area contributed by atoms with Gasteiger partial charge in [0.1, 0.15) is 83.1 Å². The molecule has 0 aliphatic heterocycles. The first-order valence-electron chi connectivity index (χ1n) is 45.7. The highest BCUT2D eigenvalue weighted by Gasteiger charge is 2.32. The number of aromatic nitrogens is 16. The molecule has 0 atom stereocenters. The highest BCUT2D eigenvalue weighted by Crippen LogP contribution is 2.32. The van der Waals surface area contributed by atoms with E-state index in [9.17, 15) is 54.3 Å². The van der Waals surface area contributed by atoms with E-state index in [-0.39, 0.29) is 98.1 Å². The molecule has 9 heterocycles. The predicted molar refractivity (Wildman–Crippen MR) is 525 cm³/mol. The lowest BCUT2D eigenvalue weighted by atomic mass is 10.1. The zero-order valence-corrected chi connectivity index (χ0v) is 78.1. The molecule has 29 nitrogen and oxygen atoms in total. The van der Waals surface area contributed by atoms with Crippen LogP contribution >= 0.6 is 0 Å². The van der Waals surface area contributed by atoms with Gasteiger partial charge < -0.3 is 42.3 Å². The number of furan rings is 1. The van der Waals surface area contributed by atoms with Crippen molar-refractivity contribution in [3.05, 3.63) is 489 Å². The summed E-state index contributed by atoms with van der Waals surface area (Å²) in [7, 11) is 0. The molecule has 0 aliphatic carbocycles. The summed E-state index contributed by atoms with van der Waals surface area (Å²) >= 11 is 0. The van der Waals surface area contributed by atoms with Crippen LogP contribution in [-0.2, 0) is 84.7 Å². The molecule has 0 saturated heterocycles. The number of nitrogens with zero attached hydrogens (tertiary/aromatic N) is 24. The SMILES string of the molecule is N#Cc1ccc(Cn2cnnc2CN(Cc2ccc(C(F)(F)F)cc2)C(=O)c2ccc3ccccc3n2)cc1.N#Cc1ccc(Cn2cnnc2CN(Cc2ccc(F)cc2F)C(=O)c2cc3ccccc3o2)cc1.N#Cc1ccc(Cn2cnnc2CN(Cc2ccc(F)cc2F)C(=O)c2ccc3ccccc3n2)nc1.N#Cc1ccc(Cn2cnnc2CN(Cc2ccccc2F)C(=O)c2ccc3ccccc3n2)cc1. The standard InChI is InChI=1S/C29H21F3N6O.C28H21FN6O.C27H19F2N7O.C27H19F2N5O2/c30-29(31,32)24-12-9-22(10-13-24)16-37(28(39)26-14-11-23-3-1-2-4-25(23)35-26)18-27-36-34-19-38(27)17-21-7-5-20(15-33)6-8-21;29-24-7-3-1-6-23(24)17-34(28(36)26-14-13-22-5-2-4-8-25(22)32-26)18-27-33-31-19-35(27)16-21-11-9-20(15-30)10-12-21;28-21-8-6-20(23(29)11-21)14-35(27(37)25-10-7-19-3-1-2-4-24(19)33-25)16-26-34-32-17-36(26)15-22-9-5-18(12-30)13-31-22;28-22-10-9-21(23(29)12-22)15-33(27(35)25-11-20-3-1-2-4-24(20)36-25)16-26-32-31-17-34(26)14-19-7-5-18(13-30)6-8-19/h1-14,19H,16-18H2;1-14,19H,16-18H2;1-11,13,17H,14-16H2;1-12,17H,14-16H2. The van der Waals surface area contributed by atoms with Crippen molar-refractivity contribution in [1.82, 2.24) is 98.6 Å². The number of hydrogen-bond acceptors (Lipinski definition) is 21. The van der Waals surface area contributed by atoms with Gasteiger partial charge in [-0.2, -0.15) is 34.2 Å². The lowest BCUT2D eigenvalue weighted by molar-refractivity contribution is -0.137. The summed E-state index contributed by atoms with van der Waals surface area (Å²) < 4.78 is 123. The molecular weight excluding hydrogens is 1900 g/mol. The molecule has 0 aliphatic rings. The molecule has 0 fully saturated rings. The number of halogens is 8. The Labute approximate surface area is 838 Å². The molecule has 9 aromatic heterocycles. The van der Waals surface area contributed by atoms with Gasteiger partial charge in [-0.15, -0.1) is 40.8 Å². The minimum Gasteiger partial charge on any atom is -0.451 e. The summed E-state index contributed by atoms with van der Waals surface area (Å²) in [6.07, 6.45) is 3.19. The number of fused-ring (bicyclic) bond motifs is 4. The van der Waals surface area contributed by atoms with Crippen LogP contribution in [0.25, 0.3) is 43.7 Å². The smallest absolute Gasteiger partial charge is 0.416 e. The lowest BCUT2D eigenvalue weighted by Crippen LogP contribution is -2.32. The number of hydrogen-bond donors (Lipinski definition) is 0. The maximum absolute atomic E-state index is 14.5. The topological polar surface area (TPSA) is 364 Å². The van der Waals surface area contributed by atoms with E-state index in [4.69, 9.17) is 25.5 Å². The third kappa shape index (κ3) is 25.2. The first kappa shape index (κ1) is 99.7. The zero-order valence-electron chi connectivity index (χ0n) is 78.1. The maximum atomic E-state index is 14.5. The molecule has 148 heavy (non-hydrogen) atoms. The largest absolute Gasteiger partial charge is 0.451 e. The minimum absolute atomic E-state index is 0.00295. The van der Waals surface area contributed by atoms with Crippen molar-refractivity contribution in [1.29, 1.82) is 21.0 Å². The molecule has 730 valence electrons. The van der Waals surface area contributed by atoms with Crippen LogP contribution in [-0.4, -0.2) is 122 Å². The number of carbonyl (C=O) groups is 4. The van der Waals surface area contributed by atoms with E-state index in [0.717, 1.165) is 74.6 Å². The quantitative estimate of drug-likeness (QED) is 0.0411. The average Bonchev–Trinajstić information content (AvgIpc) is 1.52. The maximum Gasteiger partial charge on any atom is 0.416 e. The van der Waals surface area contributed by atoms with E-state index in [1.54, 1.807) is 154 Å². The summed E-state index contributed by atoms with van der Waals surface area (Å²) in [6.45, 7) is 1.54. The first-order valence-corrected chi connectivity index (χ1v) is 45.7. The fourth-order valence-corrected chi connectivity index (χ4v) is 15.9. The van der Waals surface area contributed by atoms with E-state index in [0.29, 0.717) is 111 Å². The summed E-state index contributed by atoms with van der Waals surface area (Å²) in [5.41, 5.74) is 9.22. The summed E-state index contributed by atoms with van der Waals surface area (Å²) in [5.74, 6) is -2.92. The highest BCUT2D eigenvalue weighted by atomic mass is 19.4. The third-order valence-corrected chi connectivity index (χ3v) is 23.7. The number of rotatable bonds is 28. The van der Waals surface area contributed by atoms with Crippen molar-refractivity contribution in [2.75, 3.05) is 0 Å². The predicted octanol–water partition coefficient (Wildman–Crippen LogP) is 19.7. The van der Waals surface area contributed by atoms with E-state index in [1.165, 1.54) is 68.8 Å². The fraction of sp³-hybridized carbons (Fsp3) is 0.117. The Morgan fingerprint density at radius 2 is 0.662 bits per heavy atom. The number of benzene rings is 11. The average molecular weight is 1980 g/mol. The van der Waals surface area contributed by atoms with E-state index in [2.05, 4.69) is 78.9 Å². The molecular formula is C111H80F8N24O5. The van der Waals surface area contributed by atoms with Crippen LogP contribution in [0.3, 0.4) is 0 Å². The molecule has 20 rings (SSSR count). The number of carbonyl (C=O) groups excluding carboxylic acids is 4. The number of nitriles is 4. The van der Waals surface area contributed by atoms with Gasteiger partial charge in [-0.25, -0.2) is 36.9 Å². The van der Waals surface area contributed by atoms with Crippen molar-refractivity contribution in [3.63, 3.8) is 0 Å². The van der Waals surface area contributed by atoms with Gasteiger partial charge in [-0.3, -0.25) is 24.2 Å². The van der Waals surface area contributed by atoms with Crippen molar-refractivity contribution in [2.45, 2.75) is 84.7 Å². The number of amides is 4. The Hall–Kier alpha value is -19.8. The van der Waals surface area contributed by atoms with Crippen LogP contribution in [0.1, 0.15) is 138 Å². The second kappa shape index (κ2) is 46.3. The highest BCUT2D eigenvalue weighted by molar-refractivity contribution is 5.98. The molecule has 11 aromatic carbocycles. The van der Waals surface area contributed by atoms with Gasteiger partial charge >= 0.3 is 6.18 Å². The molecule has 20 aromatic rings. The summed E-state index contributed by atoms with van der Waals surface area (Å²) in [4.78, 5) is 78.0. The van der Waals surface area contributed by atoms with E-state index < -0.39 is 52.7 Å². The number of alkyl halides is 3. The van der Waals surface area contributed by atoms with Crippen LogP contribution in [0.4, 0.5) is 35.1 Å². The zero-order chi connectivity index (χ0) is 103. The summed E-state index contributed by atoms with van der Waals surface area (Å²) in [6, 6.07) is 92.2. The van der Waals surface area contributed by atoms with Gasteiger partial charge in [0.05, 0.1) is 121 Å². The van der Waals surface area contributed by atoms with Gasteiger partial charge in [-0.1, -0.05) is 170 Å². The van der Waals surface area contributed by atoms with Gasteiger partial charge in [0.25, 0.3) is 23.6 Å². The monoisotopic (exact) mass is 1980 g/mol. The lowest BCUT2D eigenvalue weighted by Gasteiger charge is -2.23. The van der Waals surface area contributed by atoms with Gasteiger partial charge in [0.2, 0.25) is 0 Å². The second-order valence-corrected chi connectivity index (χ2v) is 33.8. The Morgan fingerprint density at radius 3 is 1.03 bits per heavy atom. The Morgan fingerprint density at radius 1 is 0.318 bits per heavy atom. The van der Waals surface area contributed by atoms with Crippen molar-refractivity contribution in [3.8, 4) is 24.3 Å². The van der Waals surface area contributed by atoms with Crippen molar-refractivity contribution < 1.29 is 58.7 Å². The third-order valence-electron chi connectivity index (χ3n) is 23.7. The second-order valence-electron chi connectivity index (χ2n) is 33.8. The first-order chi connectivity index (χ1) is 71.9. The van der Waals surface area contributed by atoms with Crippen LogP contribution in [0, 0.1) is 74.4 Å². The molecule has 0 spiro atoms. The number of para-hydroxylation sites is 4. The molecule has 4 amide bonds. The van der Waals surface area contributed by atoms with Crippen LogP contribution in [0.2, 0.25) is 0 Å². The normalized spacial score (nSPS) is 11.0. The van der Waals surface area contributed by atoms with Gasteiger partial charge in [-0.05, 0) is 150 Å². The fourth-order valence-electron chi connectivity index (χ4n) is 15.9. The summed E-state index contributed by atoms with van der Waals surface area (Å²) in [5, 5.41) is 72.2. The molecule has 0 bridgehead atoms. The van der Waals surface area contributed by atoms with Crippen LogP contribution < -0.4 is 0 Å². The van der Waals surface area contributed by atoms with Gasteiger partial charge in [0, 0.05) is 82.7 Å². The van der Waals surface area contributed by atoms with Crippen LogP contribution in [0.15, 0.2) is 345 Å². The van der Waals surface area contributed by atoms with Crippen molar-refractivity contribution in [2.24, 2.45) is 0 Å². The Balaban J connectivity index is 0.000000135. The van der Waals surface area contributed by atoms with Crippen LogP contribution in [0.5, 0.6) is 0 Å². The molecule has 0 unspecified atom stereocenters. The molecule has 0 saturated carbocycles. The number of pyridine rings is 4. The van der Waals surface area contributed by atoms with Gasteiger partial charge in [0.15, 0.2) is 29.1 Å².